The van der Waals surface area contributed by atoms with Crippen molar-refractivity contribution >= 4 is 74.4 Å². The number of allylic oxidation sites excluding steroid dienone is 1. The Morgan fingerprint density at radius 3 is 2.53 bits per heavy atom. The van der Waals surface area contributed by atoms with Crippen LogP contribution >= 0.6 is 62.5 Å². The number of carbonyl (C=O) groups is 1. The number of rotatable bonds is 12. The zero-order chi connectivity index (χ0) is 32.1. The first-order valence-corrected chi connectivity index (χ1v) is 17.0. The summed E-state index contributed by atoms with van der Waals surface area (Å²) in [7, 11) is 1.55. The van der Waals surface area contributed by atoms with Gasteiger partial charge < -0.3 is 19.5 Å². The van der Waals surface area contributed by atoms with Crippen molar-refractivity contribution in [1.82, 2.24) is 14.8 Å². The van der Waals surface area contributed by atoms with E-state index in [1.165, 1.54) is 11.8 Å². The summed E-state index contributed by atoms with van der Waals surface area (Å²) < 4.78 is 19.9. The van der Waals surface area contributed by atoms with E-state index < -0.39 is 12.0 Å². The second-order valence-electron chi connectivity index (χ2n) is 10.1. The quantitative estimate of drug-likeness (QED) is 0.0871. The van der Waals surface area contributed by atoms with Crippen LogP contribution in [-0.4, -0.2) is 34.5 Å². The lowest BCUT2D eigenvalue weighted by Gasteiger charge is -2.29. The topological polar surface area (TPSA) is 87.5 Å². The van der Waals surface area contributed by atoms with E-state index in [4.69, 9.17) is 59.1 Å². The molecule has 13 heteroatoms. The standard InChI is InChI=1S/C32H30BrCl3N4O4S/c1-4-5-13-43-30(41)27-18(2)37-31-38-32(45-17-19-9-6-7-10-23(19)34)39-40(31)28(27)20-14-22(33)29(26(15-20)42-3)44-16-21-24(35)11-8-12-25(21)36/h6-12,14-15,28H,4-5,13,16-17H2,1-3H3,(H,37,38,39). The molecule has 0 saturated carbocycles. The van der Waals surface area contributed by atoms with Gasteiger partial charge in [0.1, 0.15) is 12.6 Å². The number of carbonyl (C=O) groups excluding carboxylic acids is 1. The molecule has 1 atom stereocenters. The van der Waals surface area contributed by atoms with Gasteiger partial charge in [-0.25, -0.2) is 9.48 Å². The Morgan fingerprint density at radius 1 is 1.09 bits per heavy atom. The minimum Gasteiger partial charge on any atom is -0.493 e. The smallest absolute Gasteiger partial charge is 0.338 e. The number of ether oxygens (including phenoxy) is 3. The zero-order valence-corrected chi connectivity index (χ0v) is 29.4. The van der Waals surface area contributed by atoms with Gasteiger partial charge in [-0.2, -0.15) is 4.98 Å². The maximum absolute atomic E-state index is 13.6. The van der Waals surface area contributed by atoms with Gasteiger partial charge in [-0.3, -0.25) is 0 Å². The number of nitrogens with zero attached hydrogens (tertiary/aromatic N) is 3. The maximum atomic E-state index is 13.6. The van der Waals surface area contributed by atoms with Gasteiger partial charge in [0.2, 0.25) is 11.1 Å². The van der Waals surface area contributed by atoms with Gasteiger partial charge in [0.05, 0.1) is 23.8 Å². The van der Waals surface area contributed by atoms with Crippen LogP contribution in [0.15, 0.2) is 75.5 Å². The highest BCUT2D eigenvalue weighted by Gasteiger charge is 2.36. The molecule has 1 aliphatic rings. The average molecular weight is 753 g/mol. The van der Waals surface area contributed by atoms with Gasteiger partial charge in [0.15, 0.2) is 11.5 Å². The van der Waals surface area contributed by atoms with E-state index in [0.717, 1.165) is 18.4 Å². The van der Waals surface area contributed by atoms with Gasteiger partial charge in [0.25, 0.3) is 0 Å². The summed E-state index contributed by atoms with van der Waals surface area (Å²) in [6.45, 7) is 4.30. The molecule has 5 rings (SSSR count). The first-order valence-electron chi connectivity index (χ1n) is 14.1. The number of unbranched alkanes of at least 4 members (excludes halogenated alkanes) is 1. The van der Waals surface area contributed by atoms with Crippen LogP contribution in [0.4, 0.5) is 5.95 Å². The van der Waals surface area contributed by atoms with Gasteiger partial charge >= 0.3 is 5.97 Å². The summed E-state index contributed by atoms with van der Waals surface area (Å²) in [5, 5.41) is 10.3. The fourth-order valence-corrected chi connectivity index (χ4v) is 6.96. The molecule has 0 bridgehead atoms. The second-order valence-corrected chi connectivity index (χ2v) is 13.1. The van der Waals surface area contributed by atoms with E-state index in [0.29, 0.717) is 76.9 Å². The molecule has 0 saturated heterocycles. The minimum absolute atomic E-state index is 0.118. The first kappa shape index (κ1) is 33.5. The first-order chi connectivity index (χ1) is 21.7. The lowest BCUT2D eigenvalue weighted by Crippen LogP contribution is -2.30. The Morgan fingerprint density at radius 2 is 1.82 bits per heavy atom. The van der Waals surface area contributed by atoms with Crippen LogP contribution in [0.1, 0.15) is 49.4 Å². The van der Waals surface area contributed by atoms with Crippen LogP contribution in [0.2, 0.25) is 15.1 Å². The molecule has 0 amide bonds. The van der Waals surface area contributed by atoms with Gasteiger partial charge in [-0.05, 0) is 70.7 Å². The Labute approximate surface area is 289 Å². The Kier molecular flexibility index (Phi) is 11.3. The number of methoxy groups -OCH3 is 1. The average Bonchev–Trinajstić information content (AvgIpc) is 3.42. The molecule has 0 radical (unpaired) electrons. The molecule has 1 aliphatic heterocycles. The molecule has 1 aromatic heterocycles. The molecule has 45 heavy (non-hydrogen) atoms. The number of anilines is 1. The molecular weight excluding hydrogens is 723 g/mol. The number of nitrogens with one attached hydrogen (secondary N) is 1. The van der Waals surface area contributed by atoms with Crippen LogP contribution < -0.4 is 14.8 Å². The molecule has 236 valence electrons. The summed E-state index contributed by atoms with van der Waals surface area (Å²) in [4.78, 5) is 18.3. The molecule has 8 nitrogen and oxygen atoms in total. The number of halogens is 4. The highest BCUT2D eigenvalue weighted by Crippen LogP contribution is 2.44. The Bertz CT molecular complexity index is 1730. The number of benzene rings is 3. The van der Waals surface area contributed by atoms with Crippen LogP contribution in [0, 0.1) is 0 Å². The fraction of sp³-hybridized carbons (Fsp3) is 0.281. The molecule has 4 aromatic rings. The van der Waals surface area contributed by atoms with Crippen molar-refractivity contribution < 1.29 is 19.0 Å². The third kappa shape index (κ3) is 7.58. The van der Waals surface area contributed by atoms with E-state index in [2.05, 4.69) is 21.2 Å². The third-order valence-corrected chi connectivity index (χ3v) is 9.64. The largest absolute Gasteiger partial charge is 0.493 e. The third-order valence-electron chi connectivity index (χ3n) is 7.09. The SMILES string of the molecule is CCCCOC(=O)C1=C(C)Nc2nc(SCc3ccccc3Cl)nn2C1c1cc(Br)c(OCc2c(Cl)cccc2Cl)c(OC)c1. The van der Waals surface area contributed by atoms with Crippen molar-refractivity contribution in [1.29, 1.82) is 0 Å². The van der Waals surface area contributed by atoms with E-state index in [1.807, 2.05) is 50.2 Å². The summed E-state index contributed by atoms with van der Waals surface area (Å²) in [5.41, 5.74) is 3.36. The second kappa shape index (κ2) is 15.1. The fourth-order valence-electron chi connectivity index (χ4n) is 4.76. The van der Waals surface area contributed by atoms with E-state index in [1.54, 1.807) is 30.0 Å². The number of esters is 1. The monoisotopic (exact) mass is 750 g/mol. The van der Waals surface area contributed by atoms with Crippen molar-refractivity contribution in [3.8, 4) is 11.5 Å². The highest BCUT2D eigenvalue weighted by molar-refractivity contribution is 9.10. The predicted octanol–water partition coefficient (Wildman–Crippen LogP) is 9.51. The predicted molar refractivity (Wildman–Crippen MR) is 183 cm³/mol. The lowest BCUT2D eigenvalue weighted by molar-refractivity contribution is -0.139. The number of aromatic nitrogens is 3. The van der Waals surface area contributed by atoms with Gasteiger partial charge in [0, 0.05) is 32.1 Å². The number of hydrogen-bond acceptors (Lipinski definition) is 8. The highest BCUT2D eigenvalue weighted by atomic mass is 79.9. The molecule has 0 fully saturated rings. The number of fused-ring (bicyclic) bond motifs is 1. The molecule has 1 unspecified atom stereocenters. The number of thioether (sulfide) groups is 1. The lowest BCUT2D eigenvalue weighted by atomic mass is 9.95. The van der Waals surface area contributed by atoms with E-state index >= 15 is 0 Å². The normalized spacial score (nSPS) is 14.2. The van der Waals surface area contributed by atoms with Gasteiger partial charge in [-0.1, -0.05) is 84.2 Å². The van der Waals surface area contributed by atoms with Crippen molar-refractivity contribution in [3.63, 3.8) is 0 Å². The zero-order valence-electron chi connectivity index (χ0n) is 24.7. The van der Waals surface area contributed by atoms with Crippen LogP contribution in [0.25, 0.3) is 0 Å². The van der Waals surface area contributed by atoms with Crippen LogP contribution in [-0.2, 0) is 21.9 Å². The summed E-state index contributed by atoms with van der Waals surface area (Å²) in [6.07, 6.45) is 1.66. The summed E-state index contributed by atoms with van der Waals surface area (Å²) in [5.74, 6) is 1.52. The molecule has 0 aliphatic carbocycles. The van der Waals surface area contributed by atoms with Crippen molar-refractivity contribution in [3.05, 3.63) is 102 Å². The van der Waals surface area contributed by atoms with Crippen LogP contribution in [0.5, 0.6) is 11.5 Å². The molecule has 1 N–H and O–H groups in total. The Balaban J connectivity index is 1.51. The van der Waals surface area contributed by atoms with E-state index in [9.17, 15) is 4.79 Å². The number of hydrogen-bond donors (Lipinski definition) is 1. The van der Waals surface area contributed by atoms with Crippen molar-refractivity contribution in [2.45, 2.75) is 50.2 Å². The van der Waals surface area contributed by atoms with Crippen LogP contribution in [0.3, 0.4) is 0 Å². The Hall–Kier alpha value is -2.89. The molecule has 2 heterocycles. The van der Waals surface area contributed by atoms with Crippen molar-refractivity contribution in [2.24, 2.45) is 0 Å². The van der Waals surface area contributed by atoms with Crippen molar-refractivity contribution in [2.75, 3.05) is 19.0 Å². The van der Waals surface area contributed by atoms with Gasteiger partial charge in [-0.15, -0.1) is 5.10 Å². The maximum Gasteiger partial charge on any atom is 0.338 e. The minimum atomic E-state index is -0.671. The summed E-state index contributed by atoms with van der Waals surface area (Å²) in [6, 6.07) is 16.0. The molecular formula is C32H30BrCl3N4O4S. The van der Waals surface area contributed by atoms with E-state index in [-0.39, 0.29) is 6.61 Å². The molecule has 3 aromatic carbocycles. The summed E-state index contributed by atoms with van der Waals surface area (Å²) >= 11 is 24.2. The molecule has 0 spiro atoms.